The molecule has 0 fully saturated rings. The predicted octanol–water partition coefficient (Wildman–Crippen LogP) is 3.89. The van der Waals surface area contributed by atoms with Crippen molar-refractivity contribution in [1.29, 1.82) is 0 Å². The lowest BCUT2D eigenvalue weighted by Gasteiger charge is -2.23. The van der Waals surface area contributed by atoms with Gasteiger partial charge in [0, 0.05) is 5.92 Å². The first-order chi connectivity index (χ1) is 17.5. The molecule has 0 aliphatic carbocycles. The molecular formula is C28H39NO8. The number of ether oxygens (including phenoxy) is 3. The van der Waals surface area contributed by atoms with Crippen LogP contribution < -0.4 is 5.32 Å². The molecule has 2 aromatic rings. The summed E-state index contributed by atoms with van der Waals surface area (Å²) in [6.07, 6.45) is -3.66. The Kier molecular flexibility index (Phi) is 14.0. The average Bonchev–Trinajstić information content (AvgIpc) is 2.86. The van der Waals surface area contributed by atoms with Crippen LogP contribution in [-0.2, 0) is 23.8 Å². The van der Waals surface area contributed by atoms with Gasteiger partial charge in [-0.25, -0.2) is 14.4 Å². The Balaban J connectivity index is 0.000000384. The quantitative estimate of drug-likeness (QED) is 0.320. The number of carbonyl (C=O) groups is 3. The highest BCUT2D eigenvalue weighted by molar-refractivity contribution is 5.82. The molecule has 0 heterocycles. The van der Waals surface area contributed by atoms with E-state index in [9.17, 15) is 24.6 Å². The molecule has 204 valence electrons. The molecule has 0 spiro atoms. The summed E-state index contributed by atoms with van der Waals surface area (Å²) in [6.45, 7) is 10.5. The first kappa shape index (κ1) is 31.6. The molecule has 0 saturated heterocycles. The van der Waals surface area contributed by atoms with E-state index in [2.05, 4.69) is 5.32 Å². The zero-order chi connectivity index (χ0) is 28.0. The van der Waals surface area contributed by atoms with Crippen LogP contribution in [0.3, 0.4) is 0 Å². The second kappa shape index (κ2) is 16.3. The minimum atomic E-state index is -1.23. The fraction of sp³-hybridized carbons (Fsp3) is 0.464. The van der Waals surface area contributed by atoms with Gasteiger partial charge in [0.15, 0.2) is 12.1 Å². The van der Waals surface area contributed by atoms with E-state index in [1.807, 2.05) is 37.3 Å². The summed E-state index contributed by atoms with van der Waals surface area (Å²) >= 11 is 0. The van der Waals surface area contributed by atoms with Gasteiger partial charge in [-0.1, -0.05) is 67.6 Å². The van der Waals surface area contributed by atoms with E-state index >= 15 is 0 Å². The van der Waals surface area contributed by atoms with Gasteiger partial charge in [-0.15, -0.1) is 0 Å². The first-order valence-corrected chi connectivity index (χ1v) is 12.3. The van der Waals surface area contributed by atoms with Crippen molar-refractivity contribution in [2.24, 2.45) is 0 Å². The number of benzene rings is 2. The molecule has 2 aromatic carbocycles. The summed E-state index contributed by atoms with van der Waals surface area (Å²) in [5.74, 6) is -1.53. The van der Waals surface area contributed by atoms with E-state index in [4.69, 9.17) is 14.2 Å². The van der Waals surface area contributed by atoms with Crippen molar-refractivity contribution in [2.45, 2.75) is 77.9 Å². The molecule has 0 aromatic heterocycles. The van der Waals surface area contributed by atoms with Crippen molar-refractivity contribution in [1.82, 2.24) is 5.32 Å². The van der Waals surface area contributed by atoms with Crippen molar-refractivity contribution in [3.05, 3.63) is 71.8 Å². The van der Waals surface area contributed by atoms with E-state index < -0.39 is 36.3 Å². The number of hydrogen-bond acceptors (Lipinski definition) is 8. The van der Waals surface area contributed by atoms with Gasteiger partial charge in [-0.05, 0) is 45.7 Å². The maximum atomic E-state index is 12.1. The third-order valence-electron chi connectivity index (χ3n) is 5.00. The molecule has 4 atom stereocenters. The molecular weight excluding hydrogens is 478 g/mol. The number of nitrogens with one attached hydrogen (secondary N) is 1. The fourth-order valence-electron chi connectivity index (χ4n) is 3.16. The number of carbonyl (C=O) groups excluding carboxylic acids is 3. The highest BCUT2D eigenvalue weighted by Crippen LogP contribution is 2.20. The lowest BCUT2D eigenvalue weighted by Crippen LogP contribution is -2.46. The molecule has 0 radical (unpaired) electrons. The highest BCUT2D eigenvalue weighted by atomic mass is 16.6. The molecule has 3 N–H and O–H groups in total. The van der Waals surface area contributed by atoms with E-state index in [1.165, 1.54) is 0 Å². The van der Waals surface area contributed by atoms with E-state index in [1.54, 1.807) is 65.0 Å². The Labute approximate surface area is 218 Å². The highest BCUT2D eigenvalue weighted by Gasteiger charge is 2.32. The maximum absolute atomic E-state index is 12.1. The zero-order valence-corrected chi connectivity index (χ0v) is 22.3. The van der Waals surface area contributed by atoms with Gasteiger partial charge >= 0.3 is 18.0 Å². The smallest absolute Gasteiger partial charge is 0.407 e. The molecule has 2 rings (SSSR count). The average molecular weight is 518 g/mol. The van der Waals surface area contributed by atoms with Crippen molar-refractivity contribution in [3.63, 3.8) is 0 Å². The molecule has 37 heavy (non-hydrogen) atoms. The lowest BCUT2D eigenvalue weighted by molar-refractivity contribution is -0.158. The van der Waals surface area contributed by atoms with Crippen LogP contribution in [0, 0.1) is 0 Å². The van der Waals surface area contributed by atoms with Crippen molar-refractivity contribution in [2.75, 3.05) is 6.61 Å². The molecule has 0 unspecified atom stereocenters. The number of aliphatic hydroxyl groups excluding tert-OH is 2. The first-order valence-electron chi connectivity index (χ1n) is 12.3. The summed E-state index contributed by atoms with van der Waals surface area (Å²) in [6, 6.07) is 16.8. The molecule has 0 aliphatic rings. The standard InChI is InChI=1S/C15H21NO5.C13H18O3/c1-4-20-15(19)16-12(14(18)21-10(2)3)13(17)11-8-6-5-7-9-11;1-9(2)16-13(15)12(14)10(3)11-7-5-4-6-8-11/h5-10,12-13,17H,4H2,1-3H3,(H,16,19);4-10,12,14H,1-3H3/t12-,13+;10-,12+/m01/s1. The normalized spacial score (nSPS) is 13.9. The Morgan fingerprint density at radius 1 is 0.757 bits per heavy atom. The van der Waals surface area contributed by atoms with Crippen LogP contribution in [0.2, 0.25) is 0 Å². The monoisotopic (exact) mass is 517 g/mol. The van der Waals surface area contributed by atoms with Gasteiger partial charge in [-0.3, -0.25) is 0 Å². The van der Waals surface area contributed by atoms with Gasteiger partial charge in [0.1, 0.15) is 6.10 Å². The molecule has 0 saturated carbocycles. The van der Waals surface area contributed by atoms with Crippen LogP contribution in [0.5, 0.6) is 0 Å². The summed E-state index contributed by atoms with van der Waals surface area (Å²) in [4.78, 5) is 35.1. The summed E-state index contributed by atoms with van der Waals surface area (Å²) in [5, 5.41) is 22.5. The van der Waals surface area contributed by atoms with E-state index in [0.717, 1.165) is 5.56 Å². The van der Waals surface area contributed by atoms with E-state index in [0.29, 0.717) is 5.56 Å². The Hall–Kier alpha value is -3.43. The Bertz CT molecular complexity index is 949. The van der Waals surface area contributed by atoms with Gasteiger partial charge in [0.2, 0.25) is 0 Å². The number of aliphatic hydroxyl groups is 2. The predicted molar refractivity (Wildman–Crippen MR) is 139 cm³/mol. The second-order valence-corrected chi connectivity index (χ2v) is 8.81. The largest absolute Gasteiger partial charge is 0.461 e. The van der Waals surface area contributed by atoms with Crippen molar-refractivity contribution < 1.29 is 38.8 Å². The third-order valence-corrected chi connectivity index (χ3v) is 5.00. The Morgan fingerprint density at radius 2 is 1.22 bits per heavy atom. The molecule has 9 heteroatoms. The number of amides is 1. The summed E-state index contributed by atoms with van der Waals surface area (Å²) in [5.41, 5.74) is 1.43. The van der Waals surface area contributed by atoms with Crippen molar-refractivity contribution >= 4 is 18.0 Å². The number of rotatable bonds is 10. The minimum Gasteiger partial charge on any atom is -0.461 e. The van der Waals surface area contributed by atoms with Crippen LogP contribution in [-0.4, -0.2) is 59.2 Å². The van der Waals surface area contributed by atoms with E-state index in [-0.39, 0.29) is 24.7 Å². The lowest BCUT2D eigenvalue weighted by atomic mass is 9.95. The van der Waals surface area contributed by atoms with Gasteiger partial charge in [-0.2, -0.15) is 0 Å². The number of esters is 2. The molecule has 9 nitrogen and oxygen atoms in total. The van der Waals surface area contributed by atoms with Crippen LogP contribution in [0.25, 0.3) is 0 Å². The van der Waals surface area contributed by atoms with Gasteiger partial charge < -0.3 is 29.7 Å². The third kappa shape index (κ3) is 11.4. The zero-order valence-electron chi connectivity index (χ0n) is 22.3. The SMILES string of the molecule is CC(C)OC(=O)[C@@H](O)[C@H](C)c1ccccc1.CCOC(=O)N[C@H](C(=O)OC(C)C)[C@H](O)c1ccccc1. The van der Waals surface area contributed by atoms with Crippen LogP contribution in [0.4, 0.5) is 4.79 Å². The number of alkyl carbamates (subject to hydrolysis) is 1. The number of hydrogen-bond donors (Lipinski definition) is 3. The van der Waals surface area contributed by atoms with Crippen LogP contribution >= 0.6 is 0 Å². The van der Waals surface area contributed by atoms with Gasteiger partial charge in [0.25, 0.3) is 0 Å². The van der Waals surface area contributed by atoms with Crippen LogP contribution in [0.15, 0.2) is 60.7 Å². The van der Waals surface area contributed by atoms with Gasteiger partial charge in [0.05, 0.1) is 18.8 Å². The van der Waals surface area contributed by atoms with Crippen LogP contribution in [0.1, 0.15) is 64.7 Å². The molecule has 0 aliphatic heterocycles. The fourth-order valence-corrected chi connectivity index (χ4v) is 3.16. The topological polar surface area (TPSA) is 131 Å². The summed E-state index contributed by atoms with van der Waals surface area (Å²) < 4.78 is 14.8. The summed E-state index contributed by atoms with van der Waals surface area (Å²) in [7, 11) is 0. The Morgan fingerprint density at radius 3 is 1.68 bits per heavy atom. The maximum Gasteiger partial charge on any atom is 0.407 e. The molecule has 1 amide bonds. The van der Waals surface area contributed by atoms with Crippen molar-refractivity contribution in [3.8, 4) is 0 Å². The minimum absolute atomic E-state index is 0.166. The second-order valence-electron chi connectivity index (χ2n) is 8.81. The molecule has 0 bridgehead atoms.